The standard InChI is InChI=1S/C13H13ClN2O2/c1-3-16-7-6-15-12(13(16)17)18-11-8-9(2)4-5-10(11)14/h4-8H,3H2,1-2H3. The molecule has 0 N–H and O–H groups in total. The normalized spacial score (nSPS) is 10.4. The number of hydrogen-bond donors (Lipinski definition) is 0. The topological polar surface area (TPSA) is 44.1 Å². The fourth-order valence-corrected chi connectivity index (χ4v) is 1.70. The Morgan fingerprint density at radius 3 is 2.94 bits per heavy atom. The van der Waals surface area contributed by atoms with Crippen LogP contribution in [-0.4, -0.2) is 9.55 Å². The van der Waals surface area contributed by atoms with Crippen molar-refractivity contribution in [1.82, 2.24) is 9.55 Å². The van der Waals surface area contributed by atoms with Crippen LogP contribution in [0.5, 0.6) is 11.6 Å². The van der Waals surface area contributed by atoms with Crippen LogP contribution < -0.4 is 10.3 Å². The molecule has 94 valence electrons. The van der Waals surface area contributed by atoms with Crippen LogP contribution >= 0.6 is 11.6 Å². The summed E-state index contributed by atoms with van der Waals surface area (Å²) in [6.45, 7) is 4.37. The molecule has 2 rings (SSSR count). The lowest BCUT2D eigenvalue weighted by atomic mass is 10.2. The summed E-state index contributed by atoms with van der Waals surface area (Å²) in [5.74, 6) is 0.474. The highest BCUT2D eigenvalue weighted by molar-refractivity contribution is 6.32. The van der Waals surface area contributed by atoms with Gasteiger partial charge in [0.05, 0.1) is 5.02 Å². The van der Waals surface area contributed by atoms with Gasteiger partial charge in [-0.1, -0.05) is 17.7 Å². The lowest BCUT2D eigenvalue weighted by molar-refractivity contribution is 0.445. The molecule has 18 heavy (non-hydrogen) atoms. The molecule has 1 heterocycles. The Kier molecular flexibility index (Phi) is 3.67. The summed E-state index contributed by atoms with van der Waals surface area (Å²) in [6, 6.07) is 5.37. The van der Waals surface area contributed by atoms with E-state index in [1.54, 1.807) is 18.3 Å². The predicted molar refractivity (Wildman–Crippen MR) is 70.4 cm³/mol. The number of rotatable bonds is 3. The minimum atomic E-state index is -0.266. The summed E-state index contributed by atoms with van der Waals surface area (Å²) in [7, 11) is 0. The Labute approximate surface area is 110 Å². The average molecular weight is 265 g/mol. The molecular formula is C13H13ClN2O2. The van der Waals surface area contributed by atoms with Crippen LogP contribution in [0.4, 0.5) is 0 Å². The summed E-state index contributed by atoms with van der Waals surface area (Å²) < 4.78 is 7.01. The summed E-state index contributed by atoms with van der Waals surface area (Å²) in [4.78, 5) is 15.9. The minimum absolute atomic E-state index is 0.0341. The first-order valence-electron chi connectivity index (χ1n) is 5.61. The fraction of sp³-hybridized carbons (Fsp3) is 0.231. The first-order chi connectivity index (χ1) is 8.61. The second-order valence-corrected chi connectivity index (χ2v) is 4.27. The molecule has 0 saturated carbocycles. The van der Waals surface area contributed by atoms with Crippen LogP contribution in [0.3, 0.4) is 0 Å². The predicted octanol–water partition coefficient (Wildman–Crippen LogP) is 3.02. The monoisotopic (exact) mass is 264 g/mol. The Morgan fingerprint density at radius 2 is 2.22 bits per heavy atom. The molecular weight excluding hydrogens is 252 g/mol. The number of hydrogen-bond acceptors (Lipinski definition) is 3. The molecule has 2 aromatic rings. The van der Waals surface area contributed by atoms with E-state index in [0.29, 0.717) is 17.3 Å². The number of benzene rings is 1. The Bertz CT molecular complexity index is 623. The Hall–Kier alpha value is -1.81. The molecule has 0 saturated heterocycles. The van der Waals surface area contributed by atoms with E-state index in [1.165, 1.54) is 10.8 Å². The fourth-order valence-electron chi connectivity index (χ4n) is 1.54. The van der Waals surface area contributed by atoms with Crippen LogP contribution in [0.15, 0.2) is 35.4 Å². The van der Waals surface area contributed by atoms with Crippen molar-refractivity contribution in [2.75, 3.05) is 0 Å². The Morgan fingerprint density at radius 1 is 1.44 bits per heavy atom. The summed E-state index contributed by atoms with van der Waals surface area (Å²) in [6.07, 6.45) is 3.15. The van der Waals surface area contributed by atoms with E-state index in [9.17, 15) is 4.79 Å². The van der Waals surface area contributed by atoms with Crippen molar-refractivity contribution >= 4 is 11.6 Å². The van der Waals surface area contributed by atoms with Crippen LogP contribution in [0.1, 0.15) is 12.5 Å². The second kappa shape index (κ2) is 5.23. The average Bonchev–Trinajstić information content (AvgIpc) is 2.36. The number of aromatic nitrogens is 2. The highest BCUT2D eigenvalue weighted by Crippen LogP contribution is 2.27. The highest BCUT2D eigenvalue weighted by atomic mass is 35.5. The largest absolute Gasteiger partial charge is 0.433 e. The molecule has 1 aromatic carbocycles. The third-order valence-corrected chi connectivity index (χ3v) is 2.83. The zero-order valence-electron chi connectivity index (χ0n) is 10.2. The lowest BCUT2D eigenvalue weighted by Crippen LogP contribution is -2.20. The molecule has 0 unspecified atom stereocenters. The van der Waals surface area contributed by atoms with Crippen molar-refractivity contribution in [3.63, 3.8) is 0 Å². The molecule has 0 aliphatic carbocycles. The van der Waals surface area contributed by atoms with Gasteiger partial charge in [-0.25, -0.2) is 4.98 Å². The van der Waals surface area contributed by atoms with Crippen LogP contribution in [0.25, 0.3) is 0 Å². The molecule has 0 bridgehead atoms. The second-order valence-electron chi connectivity index (χ2n) is 3.86. The molecule has 0 fully saturated rings. The Balaban J connectivity index is 2.40. The summed E-state index contributed by atoms with van der Waals surface area (Å²) in [5.41, 5.74) is 0.735. The maximum absolute atomic E-state index is 11.9. The smallest absolute Gasteiger partial charge is 0.313 e. The third-order valence-electron chi connectivity index (χ3n) is 2.52. The van der Waals surface area contributed by atoms with Gasteiger partial charge >= 0.3 is 5.56 Å². The SMILES string of the molecule is CCn1ccnc(Oc2cc(C)ccc2Cl)c1=O. The van der Waals surface area contributed by atoms with E-state index in [1.807, 2.05) is 19.9 Å². The van der Waals surface area contributed by atoms with Gasteiger partial charge in [-0.15, -0.1) is 0 Å². The molecule has 0 amide bonds. The third kappa shape index (κ3) is 2.54. The van der Waals surface area contributed by atoms with Gasteiger partial charge in [0.25, 0.3) is 5.88 Å². The van der Waals surface area contributed by atoms with Crippen molar-refractivity contribution in [2.45, 2.75) is 20.4 Å². The van der Waals surface area contributed by atoms with Crippen LogP contribution in [0.2, 0.25) is 5.02 Å². The number of halogens is 1. The quantitative estimate of drug-likeness (QED) is 0.856. The molecule has 0 atom stereocenters. The van der Waals surface area contributed by atoms with Gasteiger partial charge in [0.15, 0.2) is 0 Å². The highest BCUT2D eigenvalue weighted by Gasteiger charge is 2.09. The van der Waals surface area contributed by atoms with E-state index < -0.39 is 0 Å². The number of aryl methyl sites for hydroxylation is 2. The van der Waals surface area contributed by atoms with Gasteiger partial charge < -0.3 is 9.30 Å². The molecule has 0 spiro atoms. The van der Waals surface area contributed by atoms with E-state index in [2.05, 4.69) is 4.98 Å². The maximum atomic E-state index is 11.9. The number of nitrogens with zero attached hydrogens (tertiary/aromatic N) is 2. The summed E-state index contributed by atoms with van der Waals surface area (Å²) in [5, 5.41) is 0.453. The van der Waals surface area contributed by atoms with Gasteiger partial charge in [0.1, 0.15) is 5.75 Å². The van der Waals surface area contributed by atoms with Gasteiger partial charge in [-0.3, -0.25) is 4.79 Å². The van der Waals surface area contributed by atoms with Gasteiger partial charge in [0.2, 0.25) is 0 Å². The molecule has 0 aliphatic heterocycles. The van der Waals surface area contributed by atoms with Crippen molar-refractivity contribution < 1.29 is 4.74 Å². The van der Waals surface area contributed by atoms with E-state index in [0.717, 1.165) is 5.56 Å². The molecule has 5 heteroatoms. The van der Waals surface area contributed by atoms with Gasteiger partial charge in [-0.05, 0) is 31.5 Å². The molecule has 1 aromatic heterocycles. The molecule has 0 aliphatic rings. The van der Waals surface area contributed by atoms with Gasteiger partial charge in [0, 0.05) is 18.9 Å². The van der Waals surface area contributed by atoms with Crippen molar-refractivity contribution in [3.8, 4) is 11.6 Å². The number of ether oxygens (including phenoxy) is 1. The van der Waals surface area contributed by atoms with Crippen molar-refractivity contribution in [3.05, 3.63) is 51.5 Å². The van der Waals surface area contributed by atoms with Gasteiger partial charge in [-0.2, -0.15) is 0 Å². The van der Waals surface area contributed by atoms with E-state index in [4.69, 9.17) is 16.3 Å². The zero-order chi connectivity index (χ0) is 13.1. The first-order valence-corrected chi connectivity index (χ1v) is 5.99. The van der Waals surface area contributed by atoms with E-state index >= 15 is 0 Å². The molecule has 4 nitrogen and oxygen atoms in total. The van der Waals surface area contributed by atoms with Crippen LogP contribution in [-0.2, 0) is 6.54 Å². The summed E-state index contributed by atoms with van der Waals surface area (Å²) >= 11 is 6.01. The lowest BCUT2D eigenvalue weighted by Gasteiger charge is -2.08. The van der Waals surface area contributed by atoms with Crippen LogP contribution in [0, 0.1) is 6.92 Å². The first kappa shape index (κ1) is 12.6. The zero-order valence-corrected chi connectivity index (χ0v) is 10.9. The van der Waals surface area contributed by atoms with Crippen molar-refractivity contribution in [1.29, 1.82) is 0 Å². The minimum Gasteiger partial charge on any atom is -0.433 e. The maximum Gasteiger partial charge on any atom is 0.313 e. The van der Waals surface area contributed by atoms with Crippen molar-refractivity contribution in [2.24, 2.45) is 0 Å². The molecule has 0 radical (unpaired) electrons. The van der Waals surface area contributed by atoms with E-state index in [-0.39, 0.29) is 11.4 Å².